The predicted molar refractivity (Wildman–Crippen MR) is 95.9 cm³/mol. The summed E-state index contributed by atoms with van der Waals surface area (Å²) in [7, 11) is 3.74. The highest BCUT2D eigenvalue weighted by atomic mass is 16.3. The molecule has 0 bridgehead atoms. The number of benzene rings is 2. The third-order valence-electron chi connectivity index (χ3n) is 4.40. The maximum absolute atomic E-state index is 12.6. The molecule has 4 heteroatoms. The summed E-state index contributed by atoms with van der Waals surface area (Å²) in [5, 5.41) is 11.4. The fraction of sp³-hybridized carbons (Fsp3) is 0.250. The third kappa shape index (κ3) is 3.34. The van der Waals surface area contributed by atoms with E-state index < -0.39 is 6.10 Å². The molecule has 3 rings (SSSR count). The second-order valence-corrected chi connectivity index (χ2v) is 6.14. The number of aliphatic hydroxyl groups is 1. The number of aromatic nitrogens is 1. The Hall–Kier alpha value is -2.59. The largest absolute Gasteiger partial charge is 0.388 e. The highest BCUT2D eigenvalue weighted by Crippen LogP contribution is 2.19. The van der Waals surface area contributed by atoms with E-state index in [0.717, 1.165) is 16.5 Å². The molecule has 1 N–H and O–H groups in total. The molecule has 4 nitrogen and oxygen atoms in total. The molecule has 0 aliphatic heterocycles. The van der Waals surface area contributed by atoms with Crippen LogP contribution in [0, 0.1) is 0 Å². The first-order valence-corrected chi connectivity index (χ1v) is 8.10. The predicted octanol–water partition coefficient (Wildman–Crippen LogP) is 3.37. The fourth-order valence-corrected chi connectivity index (χ4v) is 2.88. The molecule has 1 heterocycles. The zero-order valence-electron chi connectivity index (χ0n) is 14.0. The minimum atomic E-state index is -0.559. The highest BCUT2D eigenvalue weighted by Gasteiger charge is 2.15. The van der Waals surface area contributed by atoms with Crippen molar-refractivity contribution in [2.24, 2.45) is 7.05 Å². The topological polar surface area (TPSA) is 45.5 Å². The molecule has 0 fully saturated rings. The lowest BCUT2D eigenvalue weighted by atomic mass is 10.1. The van der Waals surface area contributed by atoms with Crippen LogP contribution in [0.5, 0.6) is 0 Å². The Morgan fingerprint density at radius 3 is 2.67 bits per heavy atom. The SMILES string of the molecule is CN(CC[C@H](O)c1ccccc1)C(=O)c1ccc2ccn(C)c2c1. The van der Waals surface area contributed by atoms with Gasteiger partial charge in [-0.15, -0.1) is 0 Å². The first kappa shape index (κ1) is 16.3. The van der Waals surface area contributed by atoms with Gasteiger partial charge in [-0.05, 0) is 35.6 Å². The normalized spacial score (nSPS) is 12.3. The van der Waals surface area contributed by atoms with Gasteiger partial charge in [0.1, 0.15) is 0 Å². The molecule has 0 unspecified atom stereocenters. The van der Waals surface area contributed by atoms with Crippen molar-refractivity contribution in [2.45, 2.75) is 12.5 Å². The molecule has 2 aromatic carbocycles. The molecule has 0 saturated carbocycles. The van der Waals surface area contributed by atoms with Crippen molar-refractivity contribution in [1.29, 1.82) is 0 Å². The number of hydrogen-bond acceptors (Lipinski definition) is 2. The van der Waals surface area contributed by atoms with E-state index in [4.69, 9.17) is 0 Å². The van der Waals surface area contributed by atoms with Gasteiger partial charge >= 0.3 is 0 Å². The van der Waals surface area contributed by atoms with Crippen molar-refractivity contribution in [3.63, 3.8) is 0 Å². The number of aryl methyl sites for hydroxylation is 1. The number of hydrogen-bond donors (Lipinski definition) is 1. The first-order chi connectivity index (χ1) is 11.6. The molecule has 0 radical (unpaired) electrons. The summed E-state index contributed by atoms with van der Waals surface area (Å²) in [6, 6.07) is 17.3. The van der Waals surface area contributed by atoms with Gasteiger partial charge in [-0.1, -0.05) is 36.4 Å². The Kier molecular flexibility index (Phi) is 4.67. The fourth-order valence-electron chi connectivity index (χ4n) is 2.88. The number of amides is 1. The summed E-state index contributed by atoms with van der Waals surface area (Å²) < 4.78 is 2.01. The number of carbonyl (C=O) groups excluding carboxylic acids is 1. The molecule has 0 saturated heterocycles. The molecular formula is C20H22N2O2. The van der Waals surface area contributed by atoms with E-state index in [1.165, 1.54) is 0 Å². The van der Waals surface area contributed by atoms with Gasteiger partial charge in [-0.3, -0.25) is 4.79 Å². The monoisotopic (exact) mass is 322 g/mol. The van der Waals surface area contributed by atoms with Crippen LogP contribution >= 0.6 is 0 Å². The molecule has 0 spiro atoms. The molecule has 124 valence electrons. The van der Waals surface area contributed by atoms with E-state index in [2.05, 4.69) is 0 Å². The van der Waals surface area contributed by atoms with Crippen LogP contribution in [0.15, 0.2) is 60.8 Å². The van der Waals surface area contributed by atoms with Crippen LogP contribution in [-0.4, -0.2) is 34.1 Å². The van der Waals surface area contributed by atoms with E-state index in [9.17, 15) is 9.90 Å². The number of rotatable bonds is 5. The molecule has 3 aromatic rings. The van der Waals surface area contributed by atoms with Gasteiger partial charge in [-0.25, -0.2) is 0 Å². The van der Waals surface area contributed by atoms with Crippen LogP contribution in [-0.2, 0) is 7.05 Å². The Morgan fingerprint density at radius 2 is 1.92 bits per heavy atom. The Morgan fingerprint density at radius 1 is 1.17 bits per heavy atom. The summed E-state index contributed by atoms with van der Waals surface area (Å²) >= 11 is 0. The lowest BCUT2D eigenvalue weighted by Gasteiger charge is -2.19. The van der Waals surface area contributed by atoms with Crippen LogP contribution < -0.4 is 0 Å². The molecule has 0 aliphatic carbocycles. The van der Waals surface area contributed by atoms with E-state index in [-0.39, 0.29) is 5.91 Å². The van der Waals surface area contributed by atoms with Crippen molar-refractivity contribution in [1.82, 2.24) is 9.47 Å². The number of carbonyl (C=O) groups is 1. The van der Waals surface area contributed by atoms with Crippen molar-refractivity contribution < 1.29 is 9.90 Å². The minimum Gasteiger partial charge on any atom is -0.388 e. The van der Waals surface area contributed by atoms with Gasteiger partial charge in [0.15, 0.2) is 0 Å². The Balaban J connectivity index is 1.66. The van der Waals surface area contributed by atoms with E-state index in [0.29, 0.717) is 18.5 Å². The van der Waals surface area contributed by atoms with Crippen molar-refractivity contribution >= 4 is 16.8 Å². The van der Waals surface area contributed by atoms with E-state index in [1.54, 1.807) is 11.9 Å². The van der Waals surface area contributed by atoms with E-state index >= 15 is 0 Å². The molecule has 1 aromatic heterocycles. The summed E-state index contributed by atoms with van der Waals surface area (Å²) in [5.74, 6) is -0.0293. The van der Waals surface area contributed by atoms with Crippen LogP contribution in [0.3, 0.4) is 0 Å². The summed E-state index contributed by atoms with van der Waals surface area (Å²) in [5.41, 5.74) is 2.59. The van der Waals surface area contributed by atoms with Crippen LogP contribution in [0.1, 0.15) is 28.4 Å². The average Bonchev–Trinajstić information content (AvgIpc) is 3.00. The van der Waals surface area contributed by atoms with Crippen LogP contribution in [0.4, 0.5) is 0 Å². The molecule has 1 atom stereocenters. The lowest BCUT2D eigenvalue weighted by molar-refractivity contribution is 0.0761. The van der Waals surface area contributed by atoms with Crippen molar-refractivity contribution in [3.8, 4) is 0 Å². The molecule has 1 amide bonds. The highest BCUT2D eigenvalue weighted by molar-refractivity contribution is 5.97. The standard InChI is InChI=1S/C20H22N2O2/c1-21-12-10-15-8-9-17(14-18(15)21)20(24)22(2)13-11-19(23)16-6-4-3-5-7-16/h3-10,12,14,19,23H,11,13H2,1-2H3/t19-/m0/s1. The molecular weight excluding hydrogens is 300 g/mol. The Labute approximate surface area is 141 Å². The van der Waals surface area contributed by atoms with E-state index in [1.807, 2.05) is 72.4 Å². The number of nitrogens with zero attached hydrogens (tertiary/aromatic N) is 2. The van der Waals surface area contributed by atoms with Gasteiger partial charge in [0, 0.05) is 37.9 Å². The maximum atomic E-state index is 12.6. The minimum absolute atomic E-state index is 0.0293. The van der Waals surface area contributed by atoms with Crippen molar-refractivity contribution in [3.05, 3.63) is 71.9 Å². The quantitative estimate of drug-likeness (QED) is 0.783. The second kappa shape index (κ2) is 6.89. The van der Waals surface area contributed by atoms with Gasteiger partial charge in [0.05, 0.1) is 6.10 Å². The summed E-state index contributed by atoms with van der Waals surface area (Å²) in [6.07, 6.45) is 1.94. The lowest BCUT2D eigenvalue weighted by Crippen LogP contribution is -2.28. The number of aliphatic hydroxyl groups excluding tert-OH is 1. The zero-order valence-corrected chi connectivity index (χ0v) is 14.0. The van der Waals surface area contributed by atoms with Crippen LogP contribution in [0.25, 0.3) is 10.9 Å². The zero-order chi connectivity index (χ0) is 17.1. The average molecular weight is 322 g/mol. The van der Waals surface area contributed by atoms with Gasteiger partial charge < -0.3 is 14.6 Å². The number of fused-ring (bicyclic) bond motifs is 1. The summed E-state index contributed by atoms with van der Waals surface area (Å²) in [4.78, 5) is 14.3. The Bertz CT molecular complexity index is 839. The summed E-state index contributed by atoms with van der Waals surface area (Å²) in [6.45, 7) is 0.500. The van der Waals surface area contributed by atoms with Gasteiger partial charge in [-0.2, -0.15) is 0 Å². The second-order valence-electron chi connectivity index (χ2n) is 6.14. The molecule has 0 aliphatic rings. The van der Waals surface area contributed by atoms with Gasteiger partial charge in [0.2, 0.25) is 0 Å². The van der Waals surface area contributed by atoms with Crippen molar-refractivity contribution in [2.75, 3.05) is 13.6 Å². The third-order valence-corrected chi connectivity index (χ3v) is 4.40. The smallest absolute Gasteiger partial charge is 0.253 e. The maximum Gasteiger partial charge on any atom is 0.253 e. The van der Waals surface area contributed by atoms with Gasteiger partial charge in [0.25, 0.3) is 5.91 Å². The first-order valence-electron chi connectivity index (χ1n) is 8.10. The molecule has 24 heavy (non-hydrogen) atoms. The van der Waals surface area contributed by atoms with Crippen LogP contribution in [0.2, 0.25) is 0 Å².